The van der Waals surface area contributed by atoms with Gasteiger partial charge in [0.25, 0.3) is 0 Å². The standard InChI is InChI=1S/C12H16N2O2/c1-3-15-11-4-6-12(7-5-11)16-9-10(8-13)14-2/h4-7,10,14H,3,9H2,1-2H3. The summed E-state index contributed by atoms with van der Waals surface area (Å²) in [5.41, 5.74) is 0. The van der Waals surface area contributed by atoms with Crippen molar-refractivity contribution < 1.29 is 9.47 Å². The van der Waals surface area contributed by atoms with Crippen LogP contribution in [0, 0.1) is 11.3 Å². The van der Waals surface area contributed by atoms with Crippen LogP contribution in [-0.4, -0.2) is 26.3 Å². The highest BCUT2D eigenvalue weighted by molar-refractivity contribution is 5.31. The van der Waals surface area contributed by atoms with Crippen LogP contribution in [-0.2, 0) is 0 Å². The van der Waals surface area contributed by atoms with Gasteiger partial charge in [-0.15, -0.1) is 0 Å². The van der Waals surface area contributed by atoms with E-state index in [1.165, 1.54) is 0 Å². The van der Waals surface area contributed by atoms with Crippen molar-refractivity contribution in [3.63, 3.8) is 0 Å². The molecule has 16 heavy (non-hydrogen) atoms. The molecule has 0 saturated carbocycles. The van der Waals surface area contributed by atoms with Crippen LogP contribution < -0.4 is 14.8 Å². The summed E-state index contributed by atoms with van der Waals surface area (Å²) in [5.74, 6) is 1.55. The summed E-state index contributed by atoms with van der Waals surface area (Å²) in [6, 6.07) is 9.16. The van der Waals surface area contributed by atoms with Crippen LogP contribution in [0.3, 0.4) is 0 Å². The molecule has 0 saturated heterocycles. The van der Waals surface area contributed by atoms with Crippen molar-refractivity contribution in [1.82, 2.24) is 5.32 Å². The first-order valence-corrected chi connectivity index (χ1v) is 5.22. The molecule has 0 radical (unpaired) electrons. The van der Waals surface area contributed by atoms with Crippen molar-refractivity contribution in [2.45, 2.75) is 13.0 Å². The number of rotatable bonds is 6. The minimum absolute atomic E-state index is 0.286. The van der Waals surface area contributed by atoms with Crippen LogP contribution in [0.2, 0.25) is 0 Å². The Morgan fingerprint density at radius 2 is 1.81 bits per heavy atom. The van der Waals surface area contributed by atoms with Crippen LogP contribution in [0.5, 0.6) is 11.5 Å². The topological polar surface area (TPSA) is 54.3 Å². The van der Waals surface area contributed by atoms with E-state index < -0.39 is 0 Å². The van der Waals surface area contributed by atoms with Crippen molar-refractivity contribution in [3.05, 3.63) is 24.3 Å². The number of benzene rings is 1. The molecule has 0 aromatic heterocycles. The second-order valence-electron chi connectivity index (χ2n) is 3.19. The molecule has 0 heterocycles. The van der Waals surface area contributed by atoms with Crippen molar-refractivity contribution in [2.24, 2.45) is 0 Å². The third kappa shape index (κ3) is 3.79. The van der Waals surface area contributed by atoms with Gasteiger partial charge in [-0.05, 0) is 38.2 Å². The summed E-state index contributed by atoms with van der Waals surface area (Å²) in [6.45, 7) is 2.92. The molecule has 0 bridgehead atoms. The Bertz CT molecular complexity index is 343. The van der Waals surface area contributed by atoms with Crippen molar-refractivity contribution >= 4 is 0 Å². The maximum atomic E-state index is 8.71. The molecule has 1 rings (SSSR count). The average Bonchev–Trinajstić information content (AvgIpc) is 2.33. The van der Waals surface area contributed by atoms with Crippen LogP contribution in [0.25, 0.3) is 0 Å². The van der Waals surface area contributed by atoms with Gasteiger partial charge in [-0.1, -0.05) is 0 Å². The van der Waals surface area contributed by atoms with Crippen LogP contribution in [0.4, 0.5) is 0 Å². The van der Waals surface area contributed by atoms with Crippen molar-refractivity contribution in [2.75, 3.05) is 20.3 Å². The third-order valence-corrected chi connectivity index (χ3v) is 2.06. The first-order valence-electron chi connectivity index (χ1n) is 5.22. The lowest BCUT2D eigenvalue weighted by Gasteiger charge is -2.10. The Morgan fingerprint density at radius 1 is 1.25 bits per heavy atom. The lowest BCUT2D eigenvalue weighted by atomic mass is 10.3. The molecule has 1 aromatic carbocycles. The van der Waals surface area contributed by atoms with Crippen LogP contribution in [0.15, 0.2) is 24.3 Å². The van der Waals surface area contributed by atoms with E-state index in [0.29, 0.717) is 13.2 Å². The van der Waals surface area contributed by atoms with E-state index in [9.17, 15) is 0 Å². The number of nitriles is 1. The number of hydrogen-bond donors (Lipinski definition) is 1. The number of ether oxygens (including phenoxy) is 2. The number of nitrogens with zero attached hydrogens (tertiary/aromatic N) is 1. The van der Waals surface area contributed by atoms with E-state index in [0.717, 1.165) is 11.5 Å². The fourth-order valence-electron chi connectivity index (χ4n) is 1.16. The molecule has 0 spiro atoms. The predicted octanol–water partition coefficient (Wildman–Crippen LogP) is 1.58. The highest BCUT2D eigenvalue weighted by Gasteiger charge is 2.04. The average molecular weight is 220 g/mol. The Kier molecular flexibility index (Phi) is 5.17. The first kappa shape index (κ1) is 12.3. The lowest BCUT2D eigenvalue weighted by Crippen LogP contribution is -2.29. The highest BCUT2D eigenvalue weighted by Crippen LogP contribution is 2.17. The normalized spacial score (nSPS) is 11.6. The smallest absolute Gasteiger partial charge is 0.129 e. The molecule has 0 aliphatic rings. The lowest BCUT2D eigenvalue weighted by molar-refractivity contribution is 0.293. The number of nitrogens with one attached hydrogen (secondary N) is 1. The Hall–Kier alpha value is -1.73. The molecule has 0 fully saturated rings. The van der Waals surface area contributed by atoms with Gasteiger partial charge in [0.05, 0.1) is 12.7 Å². The zero-order valence-corrected chi connectivity index (χ0v) is 9.56. The molecular weight excluding hydrogens is 204 g/mol. The maximum Gasteiger partial charge on any atom is 0.129 e. The maximum absolute atomic E-state index is 8.71. The van der Waals surface area contributed by atoms with E-state index in [1.807, 2.05) is 31.2 Å². The van der Waals surface area contributed by atoms with Crippen molar-refractivity contribution in [3.8, 4) is 17.6 Å². The van der Waals surface area contributed by atoms with E-state index in [2.05, 4.69) is 11.4 Å². The van der Waals surface area contributed by atoms with Gasteiger partial charge in [0.15, 0.2) is 0 Å². The van der Waals surface area contributed by atoms with E-state index in [1.54, 1.807) is 7.05 Å². The SMILES string of the molecule is CCOc1ccc(OCC(C#N)NC)cc1. The van der Waals surface area contributed by atoms with Gasteiger partial charge in [0.2, 0.25) is 0 Å². The molecule has 1 N–H and O–H groups in total. The van der Waals surface area contributed by atoms with E-state index in [-0.39, 0.29) is 6.04 Å². The molecule has 1 aromatic rings. The number of hydrogen-bond acceptors (Lipinski definition) is 4. The summed E-state index contributed by atoms with van der Waals surface area (Å²) in [6.07, 6.45) is 0. The summed E-state index contributed by atoms with van der Waals surface area (Å²) in [5, 5.41) is 11.5. The minimum atomic E-state index is -0.286. The largest absolute Gasteiger partial charge is 0.494 e. The molecule has 0 aliphatic heterocycles. The molecule has 4 nitrogen and oxygen atoms in total. The summed E-state index contributed by atoms with van der Waals surface area (Å²) in [7, 11) is 1.73. The quantitative estimate of drug-likeness (QED) is 0.790. The van der Waals surface area contributed by atoms with Crippen LogP contribution in [0.1, 0.15) is 6.92 Å². The van der Waals surface area contributed by atoms with E-state index in [4.69, 9.17) is 14.7 Å². The van der Waals surface area contributed by atoms with Gasteiger partial charge in [0, 0.05) is 0 Å². The van der Waals surface area contributed by atoms with Crippen LogP contribution >= 0.6 is 0 Å². The predicted molar refractivity (Wildman–Crippen MR) is 61.6 cm³/mol. The molecule has 4 heteroatoms. The Morgan fingerprint density at radius 3 is 2.25 bits per heavy atom. The first-order chi connectivity index (χ1) is 7.80. The summed E-state index contributed by atoms with van der Waals surface area (Å²) in [4.78, 5) is 0. The Labute approximate surface area is 95.8 Å². The second-order valence-corrected chi connectivity index (χ2v) is 3.19. The monoisotopic (exact) mass is 220 g/mol. The third-order valence-electron chi connectivity index (χ3n) is 2.06. The second kappa shape index (κ2) is 6.70. The van der Waals surface area contributed by atoms with Gasteiger partial charge in [0.1, 0.15) is 24.1 Å². The summed E-state index contributed by atoms with van der Waals surface area (Å²) < 4.78 is 10.8. The zero-order valence-electron chi connectivity index (χ0n) is 9.56. The number of likely N-dealkylation sites (N-methyl/N-ethyl adjacent to an activating group) is 1. The van der Waals surface area contributed by atoms with Gasteiger partial charge >= 0.3 is 0 Å². The van der Waals surface area contributed by atoms with E-state index >= 15 is 0 Å². The highest BCUT2D eigenvalue weighted by atomic mass is 16.5. The zero-order chi connectivity index (χ0) is 11.8. The fourth-order valence-corrected chi connectivity index (χ4v) is 1.16. The molecule has 1 atom stereocenters. The summed E-state index contributed by atoms with van der Waals surface area (Å²) >= 11 is 0. The molecule has 1 unspecified atom stereocenters. The molecule has 0 amide bonds. The van der Waals surface area contributed by atoms with Gasteiger partial charge < -0.3 is 14.8 Å². The van der Waals surface area contributed by atoms with Gasteiger partial charge in [-0.3, -0.25) is 0 Å². The Balaban J connectivity index is 2.46. The minimum Gasteiger partial charge on any atom is -0.494 e. The molecule has 0 aliphatic carbocycles. The fraction of sp³-hybridized carbons (Fsp3) is 0.417. The van der Waals surface area contributed by atoms with Gasteiger partial charge in [-0.2, -0.15) is 5.26 Å². The van der Waals surface area contributed by atoms with Crippen molar-refractivity contribution in [1.29, 1.82) is 5.26 Å². The molecule has 86 valence electrons. The molecular formula is C12H16N2O2. The van der Waals surface area contributed by atoms with Gasteiger partial charge in [-0.25, -0.2) is 0 Å².